The Labute approximate surface area is 80.9 Å². The summed E-state index contributed by atoms with van der Waals surface area (Å²) < 4.78 is 24.7. The van der Waals surface area contributed by atoms with Crippen LogP contribution in [0.15, 0.2) is 12.5 Å². The van der Waals surface area contributed by atoms with Gasteiger partial charge in [-0.2, -0.15) is 5.10 Å². The van der Waals surface area contributed by atoms with E-state index in [9.17, 15) is 8.42 Å². The first-order chi connectivity index (χ1) is 6.68. The molecule has 7 nitrogen and oxygen atoms in total. The standard InChI is InChI=1S/C6H7N5O2S/c1-11-6-4(2-9-11)5(7-3-8-6)10-14(12)13/h2-3,14H,1H3,(H,7,8,10,12,13). The van der Waals surface area contributed by atoms with E-state index in [1.54, 1.807) is 11.7 Å². The summed E-state index contributed by atoms with van der Waals surface area (Å²) in [6.07, 6.45) is 2.79. The number of nitrogens with zero attached hydrogens (tertiary/aromatic N) is 4. The highest BCUT2D eigenvalue weighted by molar-refractivity contribution is 7.73. The number of fused-ring (bicyclic) bond motifs is 1. The molecule has 2 aromatic rings. The first kappa shape index (κ1) is 8.88. The minimum atomic E-state index is -2.72. The third kappa shape index (κ3) is 1.39. The van der Waals surface area contributed by atoms with Crippen molar-refractivity contribution in [2.24, 2.45) is 7.05 Å². The lowest BCUT2D eigenvalue weighted by atomic mass is 10.4. The van der Waals surface area contributed by atoms with Crippen LogP contribution in [0.3, 0.4) is 0 Å². The van der Waals surface area contributed by atoms with Crippen molar-refractivity contribution in [1.29, 1.82) is 0 Å². The molecule has 0 saturated heterocycles. The molecule has 0 bridgehead atoms. The average Bonchev–Trinajstić information content (AvgIpc) is 2.49. The van der Waals surface area contributed by atoms with Gasteiger partial charge in [-0.3, -0.25) is 9.40 Å². The van der Waals surface area contributed by atoms with Gasteiger partial charge in [-0.05, 0) is 0 Å². The first-order valence-electron chi connectivity index (χ1n) is 3.72. The third-order valence-electron chi connectivity index (χ3n) is 1.73. The maximum atomic E-state index is 10.5. The van der Waals surface area contributed by atoms with Crippen molar-refractivity contribution >= 4 is 27.7 Å². The Balaban J connectivity index is 2.65. The maximum Gasteiger partial charge on any atom is 0.223 e. The van der Waals surface area contributed by atoms with E-state index in [2.05, 4.69) is 19.8 Å². The second-order valence-electron chi connectivity index (χ2n) is 2.60. The fourth-order valence-electron chi connectivity index (χ4n) is 1.14. The van der Waals surface area contributed by atoms with E-state index >= 15 is 0 Å². The summed E-state index contributed by atoms with van der Waals surface area (Å²) in [6, 6.07) is 0. The Kier molecular flexibility index (Phi) is 2.04. The Morgan fingerprint density at radius 2 is 2.21 bits per heavy atom. The van der Waals surface area contributed by atoms with Gasteiger partial charge in [0.05, 0.1) is 11.6 Å². The number of aryl methyl sites for hydroxylation is 1. The van der Waals surface area contributed by atoms with Crippen LogP contribution in [0, 0.1) is 0 Å². The van der Waals surface area contributed by atoms with Gasteiger partial charge in [0.25, 0.3) is 0 Å². The van der Waals surface area contributed by atoms with Crippen LogP contribution in [0.4, 0.5) is 5.82 Å². The van der Waals surface area contributed by atoms with Crippen molar-refractivity contribution in [2.75, 3.05) is 4.72 Å². The van der Waals surface area contributed by atoms with Crippen LogP contribution in [0.5, 0.6) is 0 Å². The largest absolute Gasteiger partial charge is 0.269 e. The van der Waals surface area contributed by atoms with Crippen LogP contribution in [-0.2, 0) is 17.9 Å². The van der Waals surface area contributed by atoms with E-state index in [-0.39, 0.29) is 5.82 Å². The topological polar surface area (TPSA) is 89.8 Å². The zero-order chi connectivity index (χ0) is 10.1. The van der Waals surface area contributed by atoms with E-state index in [0.29, 0.717) is 11.0 Å². The van der Waals surface area contributed by atoms with Gasteiger partial charge >= 0.3 is 0 Å². The lowest BCUT2D eigenvalue weighted by Crippen LogP contribution is -1.99. The molecule has 0 aliphatic carbocycles. The normalized spacial score (nSPS) is 11.0. The second-order valence-corrected chi connectivity index (χ2v) is 3.33. The molecule has 0 radical (unpaired) electrons. The molecule has 0 aliphatic rings. The number of anilines is 1. The van der Waals surface area contributed by atoms with E-state index in [1.807, 2.05) is 0 Å². The second kappa shape index (κ2) is 3.22. The maximum absolute atomic E-state index is 10.5. The van der Waals surface area contributed by atoms with Gasteiger partial charge < -0.3 is 0 Å². The number of aromatic nitrogens is 4. The summed E-state index contributed by atoms with van der Waals surface area (Å²) in [7, 11) is -0.999. The molecule has 0 spiro atoms. The molecule has 0 amide bonds. The minimum absolute atomic E-state index is 0.249. The van der Waals surface area contributed by atoms with Crippen LogP contribution in [0.1, 0.15) is 0 Å². The van der Waals surface area contributed by atoms with Gasteiger partial charge in [0.2, 0.25) is 10.9 Å². The van der Waals surface area contributed by atoms with Crippen molar-refractivity contribution in [1.82, 2.24) is 19.7 Å². The van der Waals surface area contributed by atoms with Crippen LogP contribution in [0.2, 0.25) is 0 Å². The van der Waals surface area contributed by atoms with Gasteiger partial charge in [0, 0.05) is 7.05 Å². The summed E-state index contributed by atoms with van der Waals surface area (Å²) in [4.78, 5) is 7.76. The molecule has 0 fully saturated rings. The SMILES string of the molecule is Cn1ncc2c(N[SH](=O)=O)ncnc21. The number of nitrogens with one attached hydrogen (secondary N) is 1. The van der Waals surface area contributed by atoms with Gasteiger partial charge in [-0.25, -0.2) is 18.4 Å². The molecule has 74 valence electrons. The van der Waals surface area contributed by atoms with E-state index in [4.69, 9.17) is 0 Å². The highest BCUT2D eigenvalue weighted by atomic mass is 32.2. The molecule has 2 heterocycles. The molecule has 1 N–H and O–H groups in total. The molecule has 2 rings (SSSR count). The molecular weight excluding hydrogens is 206 g/mol. The van der Waals surface area contributed by atoms with E-state index in [0.717, 1.165) is 0 Å². The molecule has 14 heavy (non-hydrogen) atoms. The van der Waals surface area contributed by atoms with Crippen molar-refractivity contribution in [3.63, 3.8) is 0 Å². The van der Waals surface area contributed by atoms with Gasteiger partial charge in [0.1, 0.15) is 6.33 Å². The number of hydrogen-bond donors (Lipinski definition) is 2. The molecule has 0 unspecified atom stereocenters. The van der Waals surface area contributed by atoms with Crippen LogP contribution < -0.4 is 4.72 Å². The Hall–Kier alpha value is -1.70. The number of thiol groups is 1. The predicted octanol–water partition coefficient (Wildman–Crippen LogP) is -0.698. The molecule has 0 aromatic carbocycles. The fourth-order valence-corrected chi connectivity index (χ4v) is 1.49. The Morgan fingerprint density at radius 3 is 2.93 bits per heavy atom. The van der Waals surface area contributed by atoms with Gasteiger partial charge in [-0.15, -0.1) is 0 Å². The van der Waals surface area contributed by atoms with Crippen molar-refractivity contribution in [2.45, 2.75) is 0 Å². The zero-order valence-corrected chi connectivity index (χ0v) is 8.10. The van der Waals surface area contributed by atoms with E-state index in [1.165, 1.54) is 12.5 Å². The predicted molar refractivity (Wildman–Crippen MR) is 50.2 cm³/mol. The molecule has 0 aliphatic heterocycles. The zero-order valence-electron chi connectivity index (χ0n) is 7.21. The number of hydrogen-bond acceptors (Lipinski definition) is 5. The quantitative estimate of drug-likeness (QED) is 0.644. The van der Waals surface area contributed by atoms with Crippen LogP contribution in [0.25, 0.3) is 11.0 Å². The van der Waals surface area contributed by atoms with Crippen LogP contribution >= 0.6 is 0 Å². The summed E-state index contributed by atoms with van der Waals surface area (Å²) in [5.74, 6) is 0.249. The smallest absolute Gasteiger partial charge is 0.223 e. The van der Waals surface area contributed by atoms with Crippen molar-refractivity contribution in [3.05, 3.63) is 12.5 Å². The highest BCUT2D eigenvalue weighted by Crippen LogP contribution is 2.16. The van der Waals surface area contributed by atoms with Gasteiger partial charge in [0.15, 0.2) is 11.5 Å². The molecule has 0 atom stereocenters. The monoisotopic (exact) mass is 213 g/mol. The summed E-state index contributed by atoms with van der Waals surface area (Å²) in [5, 5.41) is 4.52. The minimum Gasteiger partial charge on any atom is -0.269 e. The Morgan fingerprint density at radius 1 is 1.43 bits per heavy atom. The van der Waals surface area contributed by atoms with E-state index < -0.39 is 10.9 Å². The average molecular weight is 213 g/mol. The Bertz CT molecular complexity index is 538. The molecule has 8 heteroatoms. The molecule has 0 saturated carbocycles. The first-order valence-corrected chi connectivity index (χ1v) is 4.90. The fraction of sp³-hybridized carbons (Fsp3) is 0.167. The highest BCUT2D eigenvalue weighted by Gasteiger charge is 2.06. The lowest BCUT2D eigenvalue weighted by molar-refractivity contribution is 0.619. The van der Waals surface area contributed by atoms with Crippen molar-refractivity contribution in [3.8, 4) is 0 Å². The summed E-state index contributed by atoms with van der Waals surface area (Å²) >= 11 is 0. The number of rotatable bonds is 2. The summed E-state index contributed by atoms with van der Waals surface area (Å²) in [6.45, 7) is 0. The molecule has 2 aromatic heterocycles. The molecular formula is C6H7N5O2S. The van der Waals surface area contributed by atoms with Crippen molar-refractivity contribution < 1.29 is 8.42 Å². The van der Waals surface area contributed by atoms with Crippen LogP contribution in [-0.4, -0.2) is 28.2 Å². The lowest BCUT2D eigenvalue weighted by Gasteiger charge is -1.98. The van der Waals surface area contributed by atoms with Gasteiger partial charge in [-0.1, -0.05) is 0 Å². The summed E-state index contributed by atoms with van der Waals surface area (Å²) in [5.41, 5.74) is 0.583. The third-order valence-corrected chi connectivity index (χ3v) is 2.12.